The largest absolute Gasteiger partial charge is 0.458 e. The van der Waals surface area contributed by atoms with Gasteiger partial charge >= 0.3 is 5.97 Å². The first kappa shape index (κ1) is 17.3. The number of carbonyl (C=O) groups excluding carboxylic acids is 1. The number of halogens is 3. The van der Waals surface area contributed by atoms with Gasteiger partial charge in [-0.05, 0) is 38.0 Å². The van der Waals surface area contributed by atoms with E-state index in [1.54, 1.807) is 13.8 Å². The van der Waals surface area contributed by atoms with Crippen molar-refractivity contribution in [3.05, 3.63) is 44.9 Å². The molecule has 0 heterocycles. The van der Waals surface area contributed by atoms with Crippen LogP contribution in [0.25, 0.3) is 0 Å². The molecule has 1 aromatic carbocycles. The first-order chi connectivity index (χ1) is 9.10. The van der Waals surface area contributed by atoms with Crippen LogP contribution in [0.15, 0.2) is 24.3 Å². The summed E-state index contributed by atoms with van der Waals surface area (Å²) in [6, 6.07) is 2.83. The van der Waals surface area contributed by atoms with Crippen LogP contribution in [0.3, 0.4) is 0 Å². The molecule has 6 heteroatoms. The third-order valence-electron chi connectivity index (χ3n) is 2.30. The van der Waals surface area contributed by atoms with E-state index in [-0.39, 0.29) is 22.2 Å². The van der Waals surface area contributed by atoms with Crippen molar-refractivity contribution in [1.29, 1.82) is 0 Å². The second kappa shape index (κ2) is 6.81. The molecule has 0 spiro atoms. The molecule has 3 nitrogen and oxygen atoms in total. The Bertz CT molecular complexity index is 510. The fraction of sp³-hybridized carbons (Fsp3) is 0.357. The summed E-state index contributed by atoms with van der Waals surface area (Å²) in [4.78, 5) is 11.9. The van der Waals surface area contributed by atoms with Crippen molar-refractivity contribution < 1.29 is 14.6 Å². The summed E-state index contributed by atoms with van der Waals surface area (Å²) in [5.74, 6) is -0.659. The average molecular weight is 338 g/mol. The van der Waals surface area contributed by atoms with E-state index in [9.17, 15) is 9.90 Å². The molecule has 0 saturated heterocycles. The van der Waals surface area contributed by atoms with Crippen molar-refractivity contribution in [2.45, 2.75) is 25.9 Å². The monoisotopic (exact) mass is 336 g/mol. The van der Waals surface area contributed by atoms with Gasteiger partial charge < -0.3 is 9.84 Å². The molecular formula is C14H15Cl3O3. The van der Waals surface area contributed by atoms with Gasteiger partial charge in [-0.3, -0.25) is 0 Å². The number of hydrogen-bond acceptors (Lipinski definition) is 3. The molecule has 0 fully saturated rings. The van der Waals surface area contributed by atoms with Crippen LogP contribution in [0.1, 0.15) is 30.6 Å². The highest BCUT2D eigenvalue weighted by Crippen LogP contribution is 2.29. The third kappa shape index (κ3) is 5.33. The fourth-order valence-electron chi connectivity index (χ4n) is 1.64. The molecule has 0 bridgehead atoms. The first-order valence-electron chi connectivity index (χ1n) is 5.81. The Balaban J connectivity index is 2.71. The Morgan fingerprint density at radius 2 is 1.80 bits per heavy atom. The maximum Gasteiger partial charge on any atom is 0.341 e. The quantitative estimate of drug-likeness (QED) is 0.634. The zero-order chi connectivity index (χ0) is 15.5. The highest BCUT2D eigenvalue weighted by molar-refractivity contribution is 6.41. The Kier molecular flexibility index (Phi) is 5.90. The minimum Gasteiger partial charge on any atom is -0.458 e. The maximum atomic E-state index is 11.9. The lowest BCUT2D eigenvalue weighted by atomic mass is 10.0. The number of aliphatic hydroxyl groups is 1. The van der Waals surface area contributed by atoms with Crippen molar-refractivity contribution >= 4 is 40.8 Å². The number of ether oxygens (including phenoxy) is 1. The topological polar surface area (TPSA) is 46.5 Å². The Morgan fingerprint density at radius 1 is 1.30 bits per heavy atom. The molecule has 0 atom stereocenters. The van der Waals surface area contributed by atoms with Gasteiger partial charge in [-0.1, -0.05) is 41.4 Å². The highest BCUT2D eigenvalue weighted by Gasteiger charge is 2.19. The van der Waals surface area contributed by atoms with Gasteiger partial charge in [0.15, 0.2) is 0 Å². The summed E-state index contributed by atoms with van der Waals surface area (Å²) in [5, 5.41) is 10.2. The SMILES string of the molecule is C=C(COC(=O)c1c(Cl)cc(Cl)cc1Cl)CC(C)(C)O. The zero-order valence-corrected chi connectivity index (χ0v) is 13.4. The lowest BCUT2D eigenvalue weighted by Gasteiger charge is -2.18. The Hall–Kier alpha value is -0.740. The van der Waals surface area contributed by atoms with Crippen LogP contribution >= 0.6 is 34.8 Å². The van der Waals surface area contributed by atoms with E-state index in [0.717, 1.165) is 0 Å². The maximum absolute atomic E-state index is 11.9. The van der Waals surface area contributed by atoms with Crippen molar-refractivity contribution in [2.24, 2.45) is 0 Å². The number of benzene rings is 1. The minimum absolute atomic E-state index is 0.0158. The van der Waals surface area contributed by atoms with Gasteiger partial charge in [0.25, 0.3) is 0 Å². The van der Waals surface area contributed by atoms with Gasteiger partial charge in [-0.25, -0.2) is 4.79 Å². The molecule has 0 aliphatic heterocycles. The number of rotatable bonds is 5. The Labute approximate surface area is 133 Å². The van der Waals surface area contributed by atoms with Crippen LogP contribution < -0.4 is 0 Å². The molecule has 0 saturated carbocycles. The van der Waals surface area contributed by atoms with Crippen molar-refractivity contribution in [3.63, 3.8) is 0 Å². The van der Waals surface area contributed by atoms with Gasteiger partial charge in [0.05, 0.1) is 21.2 Å². The lowest BCUT2D eigenvalue weighted by Crippen LogP contribution is -2.21. The van der Waals surface area contributed by atoms with Crippen LogP contribution in [0.2, 0.25) is 15.1 Å². The molecule has 0 aliphatic rings. The first-order valence-corrected chi connectivity index (χ1v) is 6.94. The van der Waals surface area contributed by atoms with Crippen molar-refractivity contribution in [2.75, 3.05) is 6.61 Å². The molecule has 0 aromatic heterocycles. The van der Waals surface area contributed by atoms with Crippen LogP contribution in [0.5, 0.6) is 0 Å². The minimum atomic E-state index is -0.904. The van der Waals surface area contributed by atoms with Crippen LogP contribution in [-0.4, -0.2) is 23.3 Å². The van der Waals surface area contributed by atoms with E-state index in [0.29, 0.717) is 17.0 Å². The van der Waals surface area contributed by atoms with E-state index in [4.69, 9.17) is 39.5 Å². The Morgan fingerprint density at radius 3 is 2.25 bits per heavy atom. The van der Waals surface area contributed by atoms with Crippen LogP contribution in [-0.2, 0) is 4.74 Å². The predicted octanol–water partition coefficient (Wildman–Crippen LogP) is 4.52. The van der Waals surface area contributed by atoms with Crippen molar-refractivity contribution in [3.8, 4) is 0 Å². The smallest absolute Gasteiger partial charge is 0.341 e. The van der Waals surface area contributed by atoms with E-state index >= 15 is 0 Å². The molecule has 0 aliphatic carbocycles. The van der Waals surface area contributed by atoms with E-state index in [1.165, 1.54) is 12.1 Å². The summed E-state index contributed by atoms with van der Waals surface area (Å²) >= 11 is 17.6. The summed E-state index contributed by atoms with van der Waals surface area (Å²) < 4.78 is 5.08. The molecule has 1 aromatic rings. The third-order valence-corrected chi connectivity index (χ3v) is 3.12. The summed E-state index contributed by atoms with van der Waals surface area (Å²) in [5.41, 5.74) is -0.250. The van der Waals surface area contributed by atoms with Crippen LogP contribution in [0, 0.1) is 0 Å². The van der Waals surface area contributed by atoms with Gasteiger partial charge in [0, 0.05) is 5.02 Å². The predicted molar refractivity (Wildman–Crippen MR) is 81.8 cm³/mol. The second-order valence-electron chi connectivity index (χ2n) is 5.06. The molecule has 0 unspecified atom stereocenters. The van der Waals surface area contributed by atoms with Gasteiger partial charge in [0.2, 0.25) is 0 Å². The summed E-state index contributed by atoms with van der Waals surface area (Å²) in [7, 11) is 0. The summed E-state index contributed by atoms with van der Waals surface area (Å²) in [6.07, 6.45) is 0.322. The second-order valence-corrected chi connectivity index (χ2v) is 6.31. The molecule has 0 amide bonds. The van der Waals surface area contributed by atoms with Crippen molar-refractivity contribution in [1.82, 2.24) is 0 Å². The fourth-order valence-corrected chi connectivity index (χ4v) is 2.61. The highest BCUT2D eigenvalue weighted by atomic mass is 35.5. The standard InChI is InChI=1S/C14H15Cl3O3/c1-8(6-14(2,3)19)7-20-13(18)12-10(16)4-9(15)5-11(12)17/h4-5,19H,1,6-7H2,2-3H3. The molecule has 1 N–H and O–H groups in total. The average Bonchev–Trinajstić information content (AvgIpc) is 2.22. The van der Waals surface area contributed by atoms with Gasteiger partial charge in [-0.2, -0.15) is 0 Å². The van der Waals surface area contributed by atoms with E-state index in [1.807, 2.05) is 0 Å². The number of esters is 1. The number of carbonyl (C=O) groups is 1. The van der Waals surface area contributed by atoms with E-state index < -0.39 is 11.6 Å². The molecular weight excluding hydrogens is 323 g/mol. The zero-order valence-electron chi connectivity index (χ0n) is 11.2. The molecule has 20 heavy (non-hydrogen) atoms. The van der Waals surface area contributed by atoms with Crippen LogP contribution in [0.4, 0.5) is 0 Å². The van der Waals surface area contributed by atoms with E-state index in [2.05, 4.69) is 6.58 Å². The number of hydrogen-bond donors (Lipinski definition) is 1. The molecule has 0 radical (unpaired) electrons. The normalized spacial score (nSPS) is 11.3. The van der Waals surface area contributed by atoms with Gasteiger partial charge in [-0.15, -0.1) is 0 Å². The lowest BCUT2D eigenvalue weighted by molar-refractivity contribution is 0.0492. The van der Waals surface area contributed by atoms with Gasteiger partial charge in [0.1, 0.15) is 6.61 Å². The summed E-state index contributed by atoms with van der Waals surface area (Å²) in [6.45, 7) is 7.02. The molecule has 110 valence electrons. The molecule has 1 rings (SSSR count).